The van der Waals surface area contributed by atoms with Crippen LogP contribution in [0, 0.1) is 0 Å². The van der Waals surface area contributed by atoms with Gasteiger partial charge >= 0.3 is 23.4 Å². The van der Waals surface area contributed by atoms with E-state index in [-0.39, 0.29) is 34.7 Å². The number of nitrogen functional groups attached to an aromatic ring is 1. The van der Waals surface area contributed by atoms with E-state index in [4.69, 9.17) is 33.3 Å². The van der Waals surface area contributed by atoms with Crippen molar-refractivity contribution in [1.29, 1.82) is 0 Å². The monoisotopic (exact) mass is 754 g/mol. The van der Waals surface area contributed by atoms with Crippen LogP contribution < -0.4 is 21.9 Å². The summed E-state index contributed by atoms with van der Waals surface area (Å²) >= 11 is 0. The number of rotatable bonds is 4. The largest absolute Gasteiger partial charge is 0.472 e. The van der Waals surface area contributed by atoms with Crippen molar-refractivity contribution in [2.45, 2.75) is 49.4 Å². The Morgan fingerprint density at radius 3 is 2.20 bits per heavy atom. The molecule has 26 nitrogen and oxygen atoms in total. The number of anilines is 2. The Kier molecular flexibility index (Phi) is 8.40. The first-order valence-electron chi connectivity index (χ1n) is 13.8. The predicted octanol–water partition coefficient (Wildman–Crippen LogP) is -2.10. The summed E-state index contributed by atoms with van der Waals surface area (Å²) in [6, 6.07) is 0. The van der Waals surface area contributed by atoms with E-state index in [1.165, 1.54) is 0 Å². The van der Waals surface area contributed by atoms with E-state index < -0.39 is 96.6 Å². The molecule has 4 unspecified atom stereocenters. The zero-order chi connectivity index (χ0) is 35.0. The van der Waals surface area contributed by atoms with Crippen LogP contribution in [-0.2, 0) is 41.3 Å². The van der Waals surface area contributed by atoms with Crippen molar-refractivity contribution in [3.8, 4) is 0 Å². The summed E-state index contributed by atoms with van der Waals surface area (Å²) in [5.41, 5.74) is 3.28. The molecule has 0 aromatic carbocycles. The third kappa shape index (κ3) is 6.72. The van der Waals surface area contributed by atoms with E-state index in [2.05, 4.69) is 29.9 Å². The number of phosphoric acid groups is 2. The molecule has 7 heterocycles. The van der Waals surface area contributed by atoms with Gasteiger partial charge in [-0.2, -0.15) is 9.97 Å². The number of phosphoric ester groups is 2. The number of H-pyrrole nitrogens is 2. The molecule has 0 aliphatic carbocycles. The zero-order valence-electron chi connectivity index (χ0n) is 24.1. The highest BCUT2D eigenvalue weighted by Gasteiger charge is 2.52. The Balaban J connectivity index is 1.15. The second-order valence-electron chi connectivity index (χ2n) is 10.8. The minimum absolute atomic E-state index is 0.123. The Labute approximate surface area is 269 Å². The molecule has 3 fully saturated rings. The number of nitrogens with one attached hydrogen (secondary N) is 3. The van der Waals surface area contributed by atoms with E-state index in [9.17, 15) is 48.0 Å². The molecule has 4 aromatic rings. The lowest BCUT2D eigenvalue weighted by atomic mass is 10.1. The molecule has 0 bridgehead atoms. The summed E-state index contributed by atoms with van der Waals surface area (Å²) in [5, 5.41) is 12.9. The predicted molar refractivity (Wildman–Crippen MR) is 156 cm³/mol. The molecular formula is C20H25N10O16P3. The molecule has 3 aliphatic heterocycles. The molecule has 7 rings (SSSR count). The quantitative estimate of drug-likeness (QED) is 0.101. The Morgan fingerprint density at radius 2 is 1.51 bits per heavy atom. The maximum absolute atomic E-state index is 13.1. The van der Waals surface area contributed by atoms with E-state index in [1.807, 2.05) is 0 Å². The standard InChI is InChI=1S/C20H25N10O16P3/c21-19-24-14-10(16(32)26-19)23-5-30(14)18-12(31)13-8(44-18)3-42-48(37,38)45-6-1-9(43-7(6)2-41-49(39,40)46-13)29-4-22-11-15(29)25-20(27-17(11)33)28-47(34,35)36/h4-9,12-13,18,31H,1-3H2,(H,37,38)(H,39,40)(H3,21,24,26,32)(H4,25,27,28,33,34,35,36)/t6?,7-,8-,9-,12?,13+,18-/m1/s1. The number of aromatic nitrogens is 8. The number of aliphatic hydroxyl groups is 1. The van der Waals surface area contributed by atoms with E-state index in [0.29, 0.717) is 0 Å². The maximum Gasteiger partial charge on any atom is 0.472 e. The van der Waals surface area contributed by atoms with Crippen LogP contribution in [0.1, 0.15) is 18.9 Å². The number of ether oxygens (including phenoxy) is 2. The van der Waals surface area contributed by atoms with Gasteiger partial charge in [-0.25, -0.2) is 23.7 Å². The smallest absolute Gasteiger partial charge is 0.386 e. The number of aromatic amines is 2. The molecule has 0 radical (unpaired) electrons. The van der Waals surface area contributed by atoms with Crippen LogP contribution in [0.15, 0.2) is 22.2 Å². The van der Waals surface area contributed by atoms with E-state index in [1.54, 1.807) is 5.09 Å². The molecule has 0 saturated carbocycles. The van der Waals surface area contributed by atoms with Gasteiger partial charge in [-0.05, 0) is 0 Å². The molecule has 266 valence electrons. The Bertz CT molecular complexity index is 2200. The summed E-state index contributed by atoms with van der Waals surface area (Å²) in [5.74, 6) is -0.886. The first-order valence-corrected chi connectivity index (χ1v) is 18.4. The normalized spacial score (nSPS) is 34.3. The molecule has 4 aromatic heterocycles. The first-order chi connectivity index (χ1) is 23.0. The molecule has 3 aliphatic rings. The lowest BCUT2D eigenvalue weighted by molar-refractivity contribution is -0.0662. The highest BCUT2D eigenvalue weighted by Crippen LogP contribution is 2.53. The van der Waals surface area contributed by atoms with Crippen LogP contribution in [0.2, 0.25) is 0 Å². The van der Waals surface area contributed by atoms with Gasteiger partial charge in [-0.3, -0.25) is 51.9 Å². The molecule has 29 heteroatoms. The Morgan fingerprint density at radius 1 is 0.898 bits per heavy atom. The highest BCUT2D eigenvalue weighted by atomic mass is 31.2. The summed E-state index contributed by atoms with van der Waals surface area (Å²) < 4.78 is 72.4. The van der Waals surface area contributed by atoms with Gasteiger partial charge in [-0.1, -0.05) is 0 Å². The number of imidazole rings is 2. The van der Waals surface area contributed by atoms with Gasteiger partial charge in [0, 0.05) is 6.42 Å². The van der Waals surface area contributed by atoms with Crippen LogP contribution in [0.5, 0.6) is 0 Å². The fourth-order valence-electron chi connectivity index (χ4n) is 5.52. The molecule has 0 amide bonds. The van der Waals surface area contributed by atoms with Gasteiger partial charge in [-0.15, -0.1) is 0 Å². The van der Waals surface area contributed by atoms with Gasteiger partial charge in [0.15, 0.2) is 28.6 Å². The molecule has 49 heavy (non-hydrogen) atoms. The van der Waals surface area contributed by atoms with Gasteiger partial charge in [0.05, 0.1) is 25.9 Å². The van der Waals surface area contributed by atoms with Crippen molar-refractivity contribution >= 4 is 57.6 Å². The number of hydrogen-bond acceptors (Lipinski definition) is 17. The van der Waals surface area contributed by atoms with E-state index >= 15 is 0 Å². The van der Waals surface area contributed by atoms with Gasteiger partial charge in [0.2, 0.25) is 11.9 Å². The minimum atomic E-state index is -5.08. The summed E-state index contributed by atoms with van der Waals surface area (Å²) in [6.45, 7) is -1.64. The second-order valence-corrected chi connectivity index (χ2v) is 15.0. The third-order valence-electron chi connectivity index (χ3n) is 7.54. The van der Waals surface area contributed by atoms with Crippen LogP contribution in [0.4, 0.5) is 11.9 Å². The molecule has 10 N–H and O–H groups in total. The van der Waals surface area contributed by atoms with E-state index in [0.717, 1.165) is 21.8 Å². The summed E-state index contributed by atoms with van der Waals surface area (Å²) in [4.78, 5) is 84.6. The van der Waals surface area contributed by atoms with Crippen LogP contribution in [0.25, 0.3) is 22.3 Å². The average molecular weight is 754 g/mol. The van der Waals surface area contributed by atoms with Crippen LogP contribution in [-0.4, -0.2) is 107 Å². The van der Waals surface area contributed by atoms with Crippen molar-refractivity contribution in [3.05, 3.63) is 33.4 Å². The third-order valence-corrected chi connectivity index (χ3v) is 10.0. The molecule has 0 spiro atoms. The summed E-state index contributed by atoms with van der Waals surface area (Å²) in [7, 11) is -15.0. The summed E-state index contributed by atoms with van der Waals surface area (Å²) in [6.07, 6.45) is -8.55. The van der Waals surface area contributed by atoms with Crippen molar-refractivity contribution in [2.24, 2.45) is 0 Å². The lowest BCUT2D eigenvalue weighted by Crippen LogP contribution is -2.37. The fraction of sp³-hybridized carbons (Fsp3) is 0.500. The van der Waals surface area contributed by atoms with Gasteiger partial charge < -0.3 is 39.9 Å². The first kappa shape index (κ1) is 34.0. The molecule has 3 saturated heterocycles. The van der Waals surface area contributed by atoms with Crippen LogP contribution in [0.3, 0.4) is 0 Å². The minimum Gasteiger partial charge on any atom is -0.386 e. The number of nitrogens with zero attached hydrogens (tertiary/aromatic N) is 6. The Hall–Kier alpha value is -3.45. The SMILES string of the molecule is Nc1nc2c(ncn2[C@@H]2O[C@@H]3COP(=O)(O)OC4C[C@H](n5cnc6c(=O)[nH]c(NP(=O)(O)O)nc65)O[C@@H]4COP(=O)(O)O[C@@H]3C2O)c(=O)[nH]1. The molecular weight excluding hydrogens is 729 g/mol. The topological polar surface area (TPSA) is 373 Å². The number of hydrogen-bond donors (Lipinski definition) is 9. The fourth-order valence-corrected chi connectivity index (χ4v) is 7.83. The molecule has 9 atom stereocenters. The van der Waals surface area contributed by atoms with Crippen molar-refractivity contribution in [3.63, 3.8) is 0 Å². The maximum atomic E-state index is 13.1. The second kappa shape index (κ2) is 12.1. The van der Waals surface area contributed by atoms with Gasteiger partial charge in [0.25, 0.3) is 11.1 Å². The number of nitrogens with two attached hydrogens (primary N) is 1. The number of aliphatic hydroxyl groups excluding tert-OH is 1. The van der Waals surface area contributed by atoms with Gasteiger partial charge in [0.1, 0.15) is 36.7 Å². The van der Waals surface area contributed by atoms with Crippen LogP contribution >= 0.6 is 23.4 Å². The number of fused-ring (bicyclic) bond motifs is 4. The lowest BCUT2D eigenvalue weighted by Gasteiger charge is -2.27. The zero-order valence-corrected chi connectivity index (χ0v) is 26.8. The van der Waals surface area contributed by atoms with Crippen molar-refractivity contribution < 1.29 is 65.9 Å². The van der Waals surface area contributed by atoms with Crippen molar-refractivity contribution in [1.82, 2.24) is 39.0 Å². The average Bonchev–Trinajstić information content (AvgIpc) is 3.75. The van der Waals surface area contributed by atoms with Crippen molar-refractivity contribution in [2.75, 3.05) is 24.0 Å². The highest BCUT2D eigenvalue weighted by molar-refractivity contribution is 7.53.